The lowest BCUT2D eigenvalue weighted by Gasteiger charge is -2.24. The fourth-order valence-corrected chi connectivity index (χ4v) is 4.83. The number of thioether (sulfide) groups is 2. The molecule has 1 aromatic rings. The summed E-state index contributed by atoms with van der Waals surface area (Å²) < 4.78 is 9.43. The van der Waals surface area contributed by atoms with Crippen LogP contribution in [0.4, 0.5) is 5.69 Å². The van der Waals surface area contributed by atoms with Crippen LogP contribution in [-0.2, 0) is 19.1 Å². The van der Waals surface area contributed by atoms with Gasteiger partial charge in [-0.25, -0.2) is 0 Å². The molecule has 1 aliphatic rings. The first-order valence-electron chi connectivity index (χ1n) is 9.58. The van der Waals surface area contributed by atoms with Gasteiger partial charge in [0.1, 0.15) is 13.1 Å². The third-order valence-electron chi connectivity index (χ3n) is 4.77. The first-order chi connectivity index (χ1) is 14.3. The Bertz CT molecular complexity index is 881. The number of rotatable bonds is 9. The number of fused-ring (bicyclic) bond motifs is 1. The molecule has 1 aromatic carbocycles. The van der Waals surface area contributed by atoms with Crippen molar-refractivity contribution in [1.29, 1.82) is 0 Å². The van der Waals surface area contributed by atoms with E-state index in [9.17, 15) is 9.59 Å². The van der Waals surface area contributed by atoms with E-state index in [0.717, 1.165) is 37.5 Å². The zero-order valence-corrected chi connectivity index (χ0v) is 19.9. The van der Waals surface area contributed by atoms with Gasteiger partial charge in [0.25, 0.3) is 0 Å². The molecule has 3 N–H and O–H groups in total. The van der Waals surface area contributed by atoms with Crippen molar-refractivity contribution < 1.29 is 19.1 Å². The van der Waals surface area contributed by atoms with E-state index in [2.05, 4.69) is 54.4 Å². The van der Waals surface area contributed by atoms with Crippen LogP contribution in [-0.4, -0.2) is 39.2 Å². The van der Waals surface area contributed by atoms with Crippen molar-refractivity contribution in [2.24, 2.45) is 0 Å². The minimum atomic E-state index is -0.319. The van der Waals surface area contributed by atoms with E-state index < -0.39 is 0 Å². The quantitative estimate of drug-likeness (QED) is 0.382. The summed E-state index contributed by atoms with van der Waals surface area (Å²) in [7, 11) is 2.75. The number of esters is 2. The zero-order valence-electron chi connectivity index (χ0n) is 18.2. The van der Waals surface area contributed by atoms with Crippen LogP contribution in [0.15, 0.2) is 37.7 Å². The van der Waals surface area contributed by atoms with Crippen LogP contribution >= 0.6 is 23.5 Å². The van der Waals surface area contributed by atoms with E-state index in [4.69, 9.17) is 4.74 Å². The second-order valence-corrected chi connectivity index (χ2v) is 8.81. The average Bonchev–Trinajstić information content (AvgIpc) is 2.76. The van der Waals surface area contributed by atoms with Gasteiger partial charge in [-0.3, -0.25) is 9.59 Å². The predicted octanol–water partition coefficient (Wildman–Crippen LogP) is 3.88. The van der Waals surface area contributed by atoms with E-state index >= 15 is 0 Å². The summed E-state index contributed by atoms with van der Waals surface area (Å²) in [5.74, 6) is -0.623. The fourth-order valence-electron chi connectivity index (χ4n) is 2.60. The van der Waals surface area contributed by atoms with Crippen molar-refractivity contribution in [3.63, 3.8) is 0 Å². The van der Waals surface area contributed by atoms with Crippen LogP contribution < -0.4 is 16.0 Å². The van der Waals surface area contributed by atoms with Gasteiger partial charge in [-0.05, 0) is 50.0 Å². The molecule has 9 heteroatoms. The van der Waals surface area contributed by atoms with Gasteiger partial charge in [-0.2, -0.15) is 0 Å². The average molecular weight is 452 g/mol. The largest absolute Gasteiger partial charge is 0.468 e. The molecular formula is C21H29N3O4S2. The number of benzene rings is 1. The second kappa shape index (κ2) is 11.2. The topological polar surface area (TPSA) is 88.7 Å². The molecule has 0 amide bonds. The molecule has 1 heterocycles. The van der Waals surface area contributed by atoms with Crippen molar-refractivity contribution in [3.05, 3.63) is 39.0 Å². The van der Waals surface area contributed by atoms with Gasteiger partial charge < -0.3 is 25.4 Å². The van der Waals surface area contributed by atoms with Crippen molar-refractivity contribution in [2.75, 3.05) is 32.6 Å². The van der Waals surface area contributed by atoms with Crippen LogP contribution in [0.1, 0.15) is 31.4 Å². The van der Waals surface area contributed by atoms with Crippen LogP contribution in [0.3, 0.4) is 0 Å². The molecule has 7 nitrogen and oxygen atoms in total. The van der Waals surface area contributed by atoms with Gasteiger partial charge in [0.15, 0.2) is 0 Å². The summed E-state index contributed by atoms with van der Waals surface area (Å²) in [6.45, 7) is 8.56. The predicted molar refractivity (Wildman–Crippen MR) is 122 cm³/mol. The van der Waals surface area contributed by atoms with E-state index in [-0.39, 0.29) is 25.0 Å². The van der Waals surface area contributed by atoms with E-state index in [1.165, 1.54) is 25.4 Å². The number of carbonyl (C=O) groups excluding carboxylic acids is 2. The maximum atomic E-state index is 11.6. The van der Waals surface area contributed by atoms with Crippen molar-refractivity contribution >= 4 is 41.1 Å². The Labute approximate surface area is 186 Å². The number of anilines is 1. The Hall–Kier alpha value is -2.26. The third-order valence-corrected chi connectivity index (χ3v) is 7.13. The molecule has 1 aliphatic heterocycles. The highest BCUT2D eigenvalue weighted by molar-refractivity contribution is 8.04. The number of carbonyl (C=O) groups is 2. The van der Waals surface area contributed by atoms with Crippen LogP contribution in [0.5, 0.6) is 0 Å². The molecule has 0 bridgehead atoms. The van der Waals surface area contributed by atoms with Crippen molar-refractivity contribution in [2.45, 2.75) is 43.9 Å². The van der Waals surface area contributed by atoms with Gasteiger partial charge in [0.2, 0.25) is 0 Å². The fraction of sp³-hybridized carbons (Fsp3) is 0.429. The minimum absolute atomic E-state index is 0.110. The molecule has 0 saturated carbocycles. The number of hydrogen-bond acceptors (Lipinski definition) is 9. The summed E-state index contributed by atoms with van der Waals surface area (Å²) >= 11 is 3.18. The highest BCUT2D eigenvalue weighted by Crippen LogP contribution is 2.43. The zero-order chi connectivity index (χ0) is 22.3. The van der Waals surface area contributed by atoms with Gasteiger partial charge in [-0.15, -0.1) is 0 Å². The lowest BCUT2D eigenvalue weighted by molar-refractivity contribution is -0.140. The Morgan fingerprint density at radius 3 is 2.43 bits per heavy atom. The summed E-state index contributed by atoms with van der Waals surface area (Å²) in [6.07, 6.45) is 2.74. The third kappa shape index (κ3) is 6.12. The molecule has 164 valence electrons. The first kappa shape index (κ1) is 24.0. The van der Waals surface area contributed by atoms with Crippen molar-refractivity contribution in [3.8, 4) is 0 Å². The highest BCUT2D eigenvalue weighted by Gasteiger charge is 2.20. The normalized spacial score (nSPS) is 13.3. The first-order valence-corrected chi connectivity index (χ1v) is 11.2. The standard InChI is InChI=1S/C21H29N3O4S2/c1-7-12(2)21(24-11-19(26)28-6)30-15-8-16-20(14(4)13(15)3)23-9-17(29-16)22-10-18(25)27-5/h8-9,22-24H,7,10-11H2,1-6H3. The number of hydrogen-bond donors (Lipinski definition) is 3. The minimum Gasteiger partial charge on any atom is -0.468 e. The Kier molecular flexibility index (Phi) is 8.98. The molecule has 0 aromatic heterocycles. The molecule has 2 rings (SSSR count). The van der Waals surface area contributed by atoms with Crippen LogP contribution in [0.25, 0.3) is 0 Å². The van der Waals surface area contributed by atoms with E-state index in [1.807, 2.05) is 6.20 Å². The maximum absolute atomic E-state index is 11.6. The molecule has 0 unspecified atom stereocenters. The van der Waals surface area contributed by atoms with Crippen LogP contribution in [0.2, 0.25) is 0 Å². The highest BCUT2D eigenvalue weighted by atomic mass is 32.2. The molecule has 0 radical (unpaired) electrons. The Morgan fingerprint density at radius 2 is 1.80 bits per heavy atom. The van der Waals surface area contributed by atoms with Crippen LogP contribution in [0, 0.1) is 13.8 Å². The molecule has 0 atom stereocenters. The number of methoxy groups -OCH3 is 2. The molecule has 30 heavy (non-hydrogen) atoms. The molecule has 0 spiro atoms. The van der Waals surface area contributed by atoms with E-state index in [0.29, 0.717) is 0 Å². The summed E-state index contributed by atoms with van der Waals surface area (Å²) in [5, 5.41) is 11.4. The molecule has 0 aliphatic carbocycles. The Balaban J connectivity index is 2.25. The lowest BCUT2D eigenvalue weighted by Crippen LogP contribution is -2.24. The van der Waals surface area contributed by atoms with E-state index in [1.54, 1.807) is 23.5 Å². The molecule has 0 fully saturated rings. The monoisotopic (exact) mass is 451 g/mol. The molecular weight excluding hydrogens is 422 g/mol. The van der Waals surface area contributed by atoms with Gasteiger partial charge in [0.05, 0.1) is 30.0 Å². The summed E-state index contributed by atoms with van der Waals surface area (Å²) in [4.78, 5) is 25.2. The van der Waals surface area contributed by atoms with Gasteiger partial charge in [0, 0.05) is 16.0 Å². The number of ether oxygens (including phenoxy) is 2. The summed E-state index contributed by atoms with van der Waals surface area (Å²) in [5.41, 5.74) is 4.57. The molecule has 0 saturated heterocycles. The Morgan fingerprint density at radius 1 is 1.13 bits per heavy atom. The number of allylic oxidation sites excluding steroid dienone is 1. The summed E-state index contributed by atoms with van der Waals surface area (Å²) in [6, 6.07) is 2.13. The second-order valence-electron chi connectivity index (χ2n) is 6.68. The number of nitrogens with one attached hydrogen (secondary N) is 3. The van der Waals surface area contributed by atoms with Crippen molar-refractivity contribution in [1.82, 2.24) is 10.6 Å². The smallest absolute Gasteiger partial charge is 0.325 e. The maximum Gasteiger partial charge on any atom is 0.325 e. The lowest BCUT2D eigenvalue weighted by atomic mass is 10.1. The SMILES string of the molecule is CCC(C)=C(NCC(=O)OC)Sc1cc2c(c(C)c1C)NC=C(NCC(=O)OC)S2. The van der Waals surface area contributed by atoms with Gasteiger partial charge >= 0.3 is 11.9 Å². The van der Waals surface area contributed by atoms with Gasteiger partial charge in [-0.1, -0.05) is 30.4 Å².